The van der Waals surface area contributed by atoms with E-state index >= 15 is 0 Å². The predicted octanol–water partition coefficient (Wildman–Crippen LogP) is 4.70. The fourth-order valence-corrected chi connectivity index (χ4v) is 2.84. The van der Waals surface area contributed by atoms with Gasteiger partial charge in [-0.3, -0.25) is 25.0 Å². The molecule has 2 rings (SSSR count). The van der Waals surface area contributed by atoms with Gasteiger partial charge in [-0.25, -0.2) is 4.79 Å². The summed E-state index contributed by atoms with van der Waals surface area (Å²) < 4.78 is 5.00. The molecule has 27 heavy (non-hydrogen) atoms. The van der Waals surface area contributed by atoms with Crippen molar-refractivity contribution in [2.75, 3.05) is 7.11 Å². The first-order chi connectivity index (χ1) is 12.6. The molecule has 0 unspecified atom stereocenters. The first-order valence-electron chi connectivity index (χ1n) is 6.73. The van der Waals surface area contributed by atoms with Crippen molar-refractivity contribution < 1.29 is 24.2 Å². The minimum absolute atomic E-state index is 0.00207. The summed E-state index contributed by atoms with van der Waals surface area (Å²) in [4.78, 5) is 41.2. The number of methoxy groups -OCH3 is 1. The molecule has 0 spiro atoms. The van der Waals surface area contributed by atoms with Crippen LogP contribution in [0.4, 0.5) is 11.4 Å². The van der Waals surface area contributed by atoms with Gasteiger partial charge >= 0.3 is 5.97 Å². The third-order valence-electron chi connectivity index (χ3n) is 2.95. The van der Waals surface area contributed by atoms with Crippen LogP contribution in [-0.2, 0) is 4.74 Å². The Hall–Kier alpha value is -2.31. The van der Waals surface area contributed by atoms with Crippen molar-refractivity contribution in [2.24, 2.45) is 0 Å². The molecule has 12 heteroatoms. The summed E-state index contributed by atoms with van der Waals surface area (Å²) >= 11 is 13.1. The SMILES string of the molecule is COC(=O)c1cc(I)cc([N+](=O)[O-])c1Cl.O=Cc1cccc([N+](=O)[O-])c1Cl. The van der Waals surface area contributed by atoms with Gasteiger partial charge in [0.2, 0.25) is 0 Å². The highest BCUT2D eigenvalue weighted by Crippen LogP contribution is 2.30. The van der Waals surface area contributed by atoms with Gasteiger partial charge in [0.1, 0.15) is 10.0 Å². The van der Waals surface area contributed by atoms with Crippen LogP contribution in [0, 0.1) is 23.8 Å². The van der Waals surface area contributed by atoms with E-state index in [0.29, 0.717) is 9.86 Å². The van der Waals surface area contributed by atoms with Gasteiger partial charge in [-0.15, -0.1) is 0 Å². The molecular weight excluding hydrogens is 518 g/mol. The van der Waals surface area contributed by atoms with E-state index in [1.807, 2.05) is 22.6 Å². The van der Waals surface area contributed by atoms with Crippen molar-refractivity contribution in [3.8, 4) is 0 Å². The van der Waals surface area contributed by atoms with Crippen LogP contribution in [0.3, 0.4) is 0 Å². The first kappa shape index (κ1) is 22.7. The molecule has 9 nitrogen and oxygen atoms in total. The second-order valence-electron chi connectivity index (χ2n) is 4.59. The lowest BCUT2D eigenvalue weighted by molar-refractivity contribution is -0.384. The second kappa shape index (κ2) is 10.1. The number of benzene rings is 2. The van der Waals surface area contributed by atoms with Crippen LogP contribution < -0.4 is 0 Å². The molecule has 2 aromatic carbocycles. The Morgan fingerprint density at radius 3 is 2.19 bits per heavy atom. The van der Waals surface area contributed by atoms with Crippen molar-refractivity contribution >= 4 is 69.4 Å². The molecule has 0 saturated carbocycles. The maximum absolute atomic E-state index is 11.2. The van der Waals surface area contributed by atoms with Crippen LogP contribution in [0.2, 0.25) is 10.0 Å². The number of aldehydes is 1. The third-order valence-corrected chi connectivity index (χ3v) is 4.38. The Labute approximate surface area is 175 Å². The number of ether oxygens (including phenoxy) is 1. The maximum Gasteiger partial charge on any atom is 0.339 e. The van der Waals surface area contributed by atoms with Gasteiger partial charge in [0.15, 0.2) is 6.29 Å². The van der Waals surface area contributed by atoms with E-state index in [9.17, 15) is 29.8 Å². The highest BCUT2D eigenvalue weighted by atomic mass is 127. The number of carbonyl (C=O) groups is 2. The molecule has 0 fully saturated rings. The largest absolute Gasteiger partial charge is 0.465 e. The third kappa shape index (κ3) is 5.84. The number of nitro benzene ring substituents is 2. The van der Waals surface area contributed by atoms with Gasteiger partial charge in [0, 0.05) is 21.3 Å². The van der Waals surface area contributed by atoms with E-state index in [0.717, 1.165) is 0 Å². The lowest BCUT2D eigenvalue weighted by atomic mass is 10.2. The molecule has 0 bridgehead atoms. The summed E-state index contributed by atoms with van der Waals surface area (Å²) in [6.45, 7) is 0. The normalized spacial score (nSPS) is 9.63. The number of carbonyl (C=O) groups excluding carboxylic acids is 2. The van der Waals surface area contributed by atoms with Gasteiger partial charge in [0.05, 0.1) is 22.5 Å². The van der Waals surface area contributed by atoms with Crippen molar-refractivity contribution in [1.29, 1.82) is 0 Å². The molecule has 0 amide bonds. The summed E-state index contributed by atoms with van der Waals surface area (Å²) in [6.07, 6.45) is 0.481. The van der Waals surface area contributed by atoms with Crippen LogP contribution in [0.15, 0.2) is 30.3 Å². The Morgan fingerprint density at radius 2 is 1.70 bits per heavy atom. The predicted molar refractivity (Wildman–Crippen MR) is 106 cm³/mol. The van der Waals surface area contributed by atoms with Crippen molar-refractivity contribution in [3.63, 3.8) is 0 Å². The summed E-state index contributed by atoms with van der Waals surface area (Å²) in [5, 5.41) is 20.6. The van der Waals surface area contributed by atoms with Gasteiger partial charge < -0.3 is 4.74 Å². The van der Waals surface area contributed by atoms with Gasteiger partial charge in [-0.2, -0.15) is 0 Å². The Balaban J connectivity index is 0.000000277. The molecule has 0 aliphatic rings. The molecule has 0 heterocycles. The summed E-state index contributed by atoms with van der Waals surface area (Å²) in [7, 11) is 1.18. The standard InChI is InChI=1S/C8H5ClINO4.C7H4ClNO3/c1-15-8(12)5-2-4(10)3-6(7(5)9)11(13)14;8-7-5(4-10)2-1-3-6(7)9(11)12/h2-3H,1H3;1-4H. The van der Waals surface area contributed by atoms with Gasteiger partial charge in [-0.1, -0.05) is 29.3 Å². The molecular formula is C15H9Cl2IN2O7. The summed E-state index contributed by atoms with van der Waals surface area (Å²) in [5.41, 5.74) is -0.422. The van der Waals surface area contributed by atoms with E-state index in [2.05, 4.69) is 4.74 Å². The Kier molecular flexibility index (Phi) is 8.53. The zero-order chi connectivity index (χ0) is 20.7. The Bertz CT molecular complexity index is 921. The van der Waals surface area contributed by atoms with Crippen LogP contribution >= 0.6 is 45.8 Å². The minimum Gasteiger partial charge on any atom is -0.465 e. The molecule has 0 aromatic heterocycles. The van der Waals surface area contributed by atoms with Crippen molar-refractivity contribution in [3.05, 3.63) is 75.3 Å². The molecule has 0 N–H and O–H groups in total. The number of halogens is 3. The van der Waals surface area contributed by atoms with E-state index in [4.69, 9.17) is 23.2 Å². The summed E-state index contributed by atoms with van der Waals surface area (Å²) in [5.74, 6) is -0.693. The van der Waals surface area contributed by atoms with E-state index in [-0.39, 0.29) is 32.5 Å². The lowest BCUT2D eigenvalue weighted by Crippen LogP contribution is -2.04. The summed E-state index contributed by atoms with van der Waals surface area (Å²) in [6, 6.07) is 6.79. The molecule has 0 radical (unpaired) electrons. The van der Waals surface area contributed by atoms with E-state index in [1.165, 1.54) is 37.4 Å². The number of nitrogens with zero attached hydrogens (tertiary/aromatic N) is 2. The molecule has 0 saturated heterocycles. The van der Waals surface area contributed by atoms with Crippen LogP contribution in [-0.4, -0.2) is 29.2 Å². The number of nitro groups is 2. The van der Waals surface area contributed by atoms with Crippen LogP contribution in [0.25, 0.3) is 0 Å². The fourth-order valence-electron chi connectivity index (χ4n) is 1.74. The highest BCUT2D eigenvalue weighted by Gasteiger charge is 2.22. The van der Waals surface area contributed by atoms with E-state index in [1.54, 1.807) is 0 Å². The molecule has 0 atom stereocenters. The van der Waals surface area contributed by atoms with Crippen LogP contribution in [0.1, 0.15) is 20.7 Å². The maximum atomic E-state index is 11.2. The first-order valence-corrected chi connectivity index (χ1v) is 8.57. The molecule has 0 aliphatic heterocycles. The second-order valence-corrected chi connectivity index (χ2v) is 6.59. The van der Waals surface area contributed by atoms with Crippen molar-refractivity contribution in [1.82, 2.24) is 0 Å². The number of esters is 1. The van der Waals surface area contributed by atoms with Crippen molar-refractivity contribution in [2.45, 2.75) is 0 Å². The minimum atomic E-state index is -0.693. The highest BCUT2D eigenvalue weighted by molar-refractivity contribution is 14.1. The van der Waals surface area contributed by atoms with Gasteiger partial charge in [0.25, 0.3) is 11.4 Å². The fraction of sp³-hybridized carbons (Fsp3) is 0.0667. The number of hydrogen-bond acceptors (Lipinski definition) is 7. The molecule has 0 aliphatic carbocycles. The van der Waals surface area contributed by atoms with Gasteiger partial charge in [-0.05, 0) is 34.7 Å². The smallest absolute Gasteiger partial charge is 0.339 e. The zero-order valence-corrected chi connectivity index (χ0v) is 17.0. The zero-order valence-electron chi connectivity index (χ0n) is 13.4. The molecule has 142 valence electrons. The topological polar surface area (TPSA) is 130 Å². The monoisotopic (exact) mass is 526 g/mol. The van der Waals surface area contributed by atoms with E-state index < -0.39 is 15.8 Å². The average molecular weight is 527 g/mol. The Morgan fingerprint density at radius 1 is 1.11 bits per heavy atom. The average Bonchev–Trinajstić information content (AvgIpc) is 2.62. The number of rotatable bonds is 4. The molecule has 2 aromatic rings. The van der Waals surface area contributed by atoms with Crippen LogP contribution in [0.5, 0.6) is 0 Å². The lowest BCUT2D eigenvalue weighted by Gasteiger charge is -2.03. The number of hydrogen-bond donors (Lipinski definition) is 0. The quantitative estimate of drug-likeness (QED) is 0.185.